The third-order valence-electron chi connectivity index (χ3n) is 2.98. The van der Waals surface area contributed by atoms with Crippen molar-refractivity contribution in [2.24, 2.45) is 5.73 Å². The van der Waals surface area contributed by atoms with Crippen LogP contribution in [-0.2, 0) is 16.4 Å². The molecular weight excluding hydrogens is 274 g/mol. The minimum atomic E-state index is -0.621. The van der Waals surface area contributed by atoms with Crippen molar-refractivity contribution in [3.63, 3.8) is 0 Å². The standard InChI is InChI=1S/C15H26ClNOSi/c1-14(2,3)19-18-15(4,5)12-10-11(8-9-17)6-7-13(12)16/h6-7,10H,8-9,17,19H2,1-5H3. The zero-order chi connectivity index (χ0) is 14.7. The van der Waals surface area contributed by atoms with E-state index < -0.39 is 9.76 Å². The van der Waals surface area contributed by atoms with Crippen molar-refractivity contribution in [1.82, 2.24) is 0 Å². The number of rotatable bonds is 5. The van der Waals surface area contributed by atoms with Gasteiger partial charge < -0.3 is 10.2 Å². The molecule has 108 valence electrons. The van der Waals surface area contributed by atoms with Gasteiger partial charge in [0.1, 0.15) is 0 Å². The van der Waals surface area contributed by atoms with E-state index in [0.717, 1.165) is 17.0 Å². The van der Waals surface area contributed by atoms with E-state index in [2.05, 4.69) is 40.7 Å². The molecule has 1 aromatic rings. The molecule has 0 bridgehead atoms. The van der Waals surface area contributed by atoms with Crippen LogP contribution in [0.5, 0.6) is 0 Å². The van der Waals surface area contributed by atoms with Crippen molar-refractivity contribution in [1.29, 1.82) is 0 Å². The Morgan fingerprint density at radius 2 is 1.84 bits per heavy atom. The molecule has 2 nitrogen and oxygen atoms in total. The van der Waals surface area contributed by atoms with Gasteiger partial charge in [0.25, 0.3) is 0 Å². The number of nitrogens with two attached hydrogens (primary N) is 1. The highest BCUT2D eigenvalue weighted by atomic mass is 35.5. The first kappa shape index (κ1) is 16.7. The summed E-state index contributed by atoms with van der Waals surface area (Å²) >= 11 is 6.34. The van der Waals surface area contributed by atoms with Crippen LogP contribution < -0.4 is 5.73 Å². The monoisotopic (exact) mass is 299 g/mol. The Labute approximate surface area is 124 Å². The Bertz CT molecular complexity index is 427. The lowest BCUT2D eigenvalue weighted by atomic mass is 9.95. The van der Waals surface area contributed by atoms with E-state index in [1.165, 1.54) is 5.56 Å². The van der Waals surface area contributed by atoms with Crippen molar-refractivity contribution in [2.45, 2.75) is 51.7 Å². The number of hydrogen-bond acceptors (Lipinski definition) is 2. The molecule has 4 heteroatoms. The van der Waals surface area contributed by atoms with Gasteiger partial charge in [0.15, 0.2) is 9.76 Å². The molecule has 0 aromatic heterocycles. The average Bonchev–Trinajstić information content (AvgIpc) is 2.29. The summed E-state index contributed by atoms with van der Waals surface area (Å²) in [5, 5.41) is 1.05. The zero-order valence-corrected chi connectivity index (χ0v) is 14.9. The summed E-state index contributed by atoms with van der Waals surface area (Å²) in [5.74, 6) is 0. The van der Waals surface area contributed by atoms with Gasteiger partial charge in [-0.1, -0.05) is 44.5 Å². The second-order valence-corrected chi connectivity index (χ2v) is 9.82. The highest BCUT2D eigenvalue weighted by Gasteiger charge is 2.26. The van der Waals surface area contributed by atoms with Gasteiger partial charge in [0.05, 0.1) is 5.60 Å². The molecule has 0 saturated heterocycles. The van der Waals surface area contributed by atoms with E-state index in [4.69, 9.17) is 21.8 Å². The van der Waals surface area contributed by atoms with Gasteiger partial charge >= 0.3 is 0 Å². The summed E-state index contributed by atoms with van der Waals surface area (Å²) in [6, 6.07) is 6.12. The fraction of sp³-hybridized carbons (Fsp3) is 0.600. The maximum atomic E-state index is 6.34. The molecule has 19 heavy (non-hydrogen) atoms. The molecule has 0 saturated carbocycles. The molecule has 0 aliphatic carbocycles. The maximum absolute atomic E-state index is 6.34. The summed E-state index contributed by atoms with van der Waals surface area (Å²) in [7, 11) is -0.621. The molecule has 0 spiro atoms. The van der Waals surface area contributed by atoms with Crippen molar-refractivity contribution >= 4 is 21.4 Å². The highest BCUT2D eigenvalue weighted by molar-refractivity contribution is 6.32. The van der Waals surface area contributed by atoms with Crippen molar-refractivity contribution < 1.29 is 4.43 Å². The summed E-state index contributed by atoms with van der Waals surface area (Å²) in [5.41, 5.74) is 7.57. The fourth-order valence-corrected chi connectivity index (χ4v) is 3.13. The van der Waals surface area contributed by atoms with Crippen molar-refractivity contribution in [3.8, 4) is 0 Å². The molecule has 1 rings (SSSR count). The summed E-state index contributed by atoms with van der Waals surface area (Å²) < 4.78 is 6.22. The predicted molar refractivity (Wildman–Crippen MR) is 86.6 cm³/mol. The molecule has 0 heterocycles. The predicted octanol–water partition coefficient (Wildman–Crippen LogP) is 3.40. The Balaban J connectivity index is 2.95. The van der Waals surface area contributed by atoms with Gasteiger partial charge in [-0.3, -0.25) is 0 Å². The molecule has 0 amide bonds. The van der Waals surface area contributed by atoms with E-state index in [1.54, 1.807) is 0 Å². The van der Waals surface area contributed by atoms with E-state index in [-0.39, 0.29) is 10.6 Å². The first-order chi connectivity index (χ1) is 8.65. The van der Waals surface area contributed by atoms with Crippen LogP contribution in [0.3, 0.4) is 0 Å². The minimum absolute atomic E-state index is 0.276. The smallest absolute Gasteiger partial charge is 0.168 e. The van der Waals surface area contributed by atoms with Gasteiger partial charge in [-0.25, -0.2) is 0 Å². The van der Waals surface area contributed by atoms with Crippen LogP contribution in [0.15, 0.2) is 18.2 Å². The van der Waals surface area contributed by atoms with E-state index in [9.17, 15) is 0 Å². The van der Waals surface area contributed by atoms with Crippen LogP contribution in [0.4, 0.5) is 0 Å². The van der Waals surface area contributed by atoms with Crippen LogP contribution in [0.2, 0.25) is 10.1 Å². The Hall–Kier alpha value is -0.353. The van der Waals surface area contributed by atoms with Gasteiger partial charge in [0, 0.05) is 10.6 Å². The molecule has 0 aliphatic rings. The van der Waals surface area contributed by atoms with Crippen LogP contribution in [0, 0.1) is 0 Å². The second-order valence-electron chi connectivity index (χ2n) is 6.71. The Morgan fingerprint density at radius 3 is 2.37 bits per heavy atom. The molecule has 0 atom stereocenters. The van der Waals surface area contributed by atoms with Gasteiger partial charge in [-0.05, 0) is 43.5 Å². The maximum Gasteiger partial charge on any atom is 0.168 e. The first-order valence-electron chi connectivity index (χ1n) is 6.79. The Morgan fingerprint density at radius 1 is 1.21 bits per heavy atom. The summed E-state index contributed by atoms with van der Waals surface area (Å²) in [6.07, 6.45) is 0.872. The van der Waals surface area contributed by atoms with Crippen molar-refractivity contribution in [2.75, 3.05) is 6.54 Å². The third kappa shape index (κ3) is 5.26. The molecule has 0 radical (unpaired) electrons. The summed E-state index contributed by atoms with van der Waals surface area (Å²) in [4.78, 5) is 0. The minimum Gasteiger partial charge on any atom is -0.414 e. The largest absolute Gasteiger partial charge is 0.414 e. The number of hydrogen-bond donors (Lipinski definition) is 1. The number of halogens is 1. The highest BCUT2D eigenvalue weighted by Crippen LogP contribution is 2.34. The lowest BCUT2D eigenvalue weighted by Crippen LogP contribution is -2.28. The molecule has 1 aromatic carbocycles. The molecule has 0 fully saturated rings. The van der Waals surface area contributed by atoms with Gasteiger partial charge in [0.2, 0.25) is 0 Å². The quantitative estimate of drug-likeness (QED) is 0.846. The normalized spacial score (nSPS) is 13.4. The molecular formula is C15H26ClNOSi. The fourth-order valence-electron chi connectivity index (χ4n) is 1.83. The molecule has 0 aliphatic heterocycles. The summed E-state index contributed by atoms with van der Waals surface area (Å²) in [6.45, 7) is 11.5. The van der Waals surface area contributed by atoms with Crippen LogP contribution >= 0.6 is 11.6 Å². The molecule has 0 unspecified atom stereocenters. The lowest BCUT2D eigenvalue weighted by molar-refractivity contribution is 0.109. The molecule has 2 N–H and O–H groups in total. The topological polar surface area (TPSA) is 35.2 Å². The number of benzene rings is 1. The van der Waals surface area contributed by atoms with Gasteiger partial charge in [-0.2, -0.15) is 0 Å². The van der Waals surface area contributed by atoms with Gasteiger partial charge in [-0.15, -0.1) is 0 Å². The van der Waals surface area contributed by atoms with Crippen LogP contribution in [-0.4, -0.2) is 16.3 Å². The van der Waals surface area contributed by atoms with Crippen LogP contribution in [0.1, 0.15) is 45.7 Å². The van der Waals surface area contributed by atoms with Crippen LogP contribution in [0.25, 0.3) is 0 Å². The van der Waals surface area contributed by atoms with E-state index in [0.29, 0.717) is 6.54 Å². The van der Waals surface area contributed by atoms with Crippen molar-refractivity contribution in [3.05, 3.63) is 34.3 Å². The van der Waals surface area contributed by atoms with E-state index >= 15 is 0 Å². The van der Waals surface area contributed by atoms with E-state index in [1.807, 2.05) is 12.1 Å². The average molecular weight is 300 g/mol. The SMILES string of the molecule is CC(C)(C)[SiH2]OC(C)(C)c1cc(CCN)ccc1Cl. The zero-order valence-electron chi connectivity index (χ0n) is 12.7. The third-order valence-corrected chi connectivity index (χ3v) is 5.04. The Kier molecular flexibility index (Phi) is 5.62. The lowest BCUT2D eigenvalue weighted by Gasteiger charge is -2.31. The first-order valence-corrected chi connectivity index (χ1v) is 8.45. The second kappa shape index (κ2) is 6.40.